The Kier molecular flexibility index (Phi) is 8.35. The quantitative estimate of drug-likeness (QED) is 0.297. The van der Waals surface area contributed by atoms with E-state index >= 15 is 0 Å². The number of pyridine rings is 1. The number of nitrogens with zero attached hydrogens (tertiary/aromatic N) is 6. The molecule has 0 saturated carbocycles. The predicted octanol–water partition coefficient (Wildman–Crippen LogP) is 5.66. The van der Waals surface area contributed by atoms with E-state index in [1.807, 2.05) is 40.0 Å². The first kappa shape index (κ1) is 28.9. The monoisotopic (exact) mass is 584 g/mol. The molecule has 1 amide bonds. The van der Waals surface area contributed by atoms with E-state index in [9.17, 15) is 9.59 Å². The molecule has 2 unspecified atom stereocenters. The van der Waals surface area contributed by atoms with Gasteiger partial charge in [-0.1, -0.05) is 24.9 Å². The lowest BCUT2D eigenvalue weighted by molar-refractivity contribution is -0.119. The molecule has 42 heavy (non-hydrogen) atoms. The summed E-state index contributed by atoms with van der Waals surface area (Å²) in [5, 5.41) is 7.89. The van der Waals surface area contributed by atoms with Gasteiger partial charge in [-0.05, 0) is 62.6 Å². The standard InChI is InChI=1S/C31H33ClN8O2/c1-18-6-5-7-28(26-12-21(10-11-34-26)30-27(38-31(18)42)16-37-39(30)4)40-17-36-25(14-29(40)41)23-13-22(32)8-9-24(23)35-15-19(2)20(3)33/h8-18,28H,5-7,33H2,1-4H3,(H,38,42). The van der Waals surface area contributed by atoms with Crippen LogP contribution in [-0.2, 0) is 11.8 Å². The number of aryl methyl sites for hydroxylation is 1. The van der Waals surface area contributed by atoms with Crippen molar-refractivity contribution in [2.24, 2.45) is 23.7 Å². The molecule has 0 fully saturated rings. The largest absolute Gasteiger partial charge is 0.402 e. The van der Waals surface area contributed by atoms with Crippen molar-refractivity contribution < 1.29 is 4.79 Å². The maximum absolute atomic E-state index is 13.7. The Morgan fingerprint density at radius 3 is 2.71 bits per heavy atom. The van der Waals surface area contributed by atoms with Crippen LogP contribution in [0.3, 0.4) is 0 Å². The van der Waals surface area contributed by atoms with Crippen molar-refractivity contribution in [3.8, 4) is 22.5 Å². The van der Waals surface area contributed by atoms with Gasteiger partial charge >= 0.3 is 0 Å². The number of halogens is 1. The van der Waals surface area contributed by atoms with Crippen molar-refractivity contribution in [1.82, 2.24) is 24.3 Å². The minimum absolute atomic E-state index is 0.0638. The van der Waals surface area contributed by atoms with Crippen molar-refractivity contribution >= 4 is 35.1 Å². The molecule has 0 radical (unpaired) electrons. The summed E-state index contributed by atoms with van der Waals surface area (Å²) in [6, 6.07) is 10.2. The summed E-state index contributed by atoms with van der Waals surface area (Å²) in [5.41, 5.74) is 11.8. The van der Waals surface area contributed by atoms with Gasteiger partial charge in [0, 0.05) is 53.3 Å². The summed E-state index contributed by atoms with van der Waals surface area (Å²) >= 11 is 6.32. The second kappa shape index (κ2) is 12.1. The molecule has 0 saturated heterocycles. The predicted molar refractivity (Wildman–Crippen MR) is 166 cm³/mol. The number of hydrogen-bond donors (Lipinski definition) is 2. The lowest BCUT2D eigenvalue weighted by Gasteiger charge is -2.22. The van der Waals surface area contributed by atoms with E-state index < -0.39 is 0 Å². The van der Waals surface area contributed by atoms with Crippen molar-refractivity contribution in [1.29, 1.82) is 0 Å². The van der Waals surface area contributed by atoms with Crippen LogP contribution in [0.4, 0.5) is 11.4 Å². The lowest BCUT2D eigenvalue weighted by Crippen LogP contribution is -2.27. The molecular weight excluding hydrogens is 552 g/mol. The minimum Gasteiger partial charge on any atom is -0.402 e. The Morgan fingerprint density at radius 2 is 1.95 bits per heavy atom. The minimum atomic E-state index is -0.387. The second-order valence-corrected chi connectivity index (χ2v) is 11.1. The summed E-state index contributed by atoms with van der Waals surface area (Å²) < 4.78 is 3.33. The fraction of sp³-hybridized carbons (Fsp3) is 0.290. The fourth-order valence-corrected chi connectivity index (χ4v) is 5.14. The summed E-state index contributed by atoms with van der Waals surface area (Å²) in [6.07, 6.45) is 8.56. The number of aromatic nitrogens is 5. The van der Waals surface area contributed by atoms with Gasteiger partial charge in [0.25, 0.3) is 5.56 Å². The van der Waals surface area contributed by atoms with Crippen LogP contribution in [-0.4, -0.2) is 36.4 Å². The van der Waals surface area contributed by atoms with Crippen LogP contribution < -0.4 is 16.6 Å². The third kappa shape index (κ3) is 6.03. The highest BCUT2D eigenvalue weighted by atomic mass is 35.5. The Bertz CT molecular complexity index is 1770. The molecule has 0 spiro atoms. The van der Waals surface area contributed by atoms with Gasteiger partial charge in [-0.3, -0.25) is 28.8 Å². The average Bonchev–Trinajstić information content (AvgIpc) is 3.33. The number of amides is 1. The Balaban J connectivity index is 1.57. The number of allylic oxidation sites excluding steroid dienone is 2. The van der Waals surface area contributed by atoms with Crippen LogP contribution in [0.5, 0.6) is 0 Å². The molecule has 2 atom stereocenters. The molecule has 3 aromatic heterocycles. The van der Waals surface area contributed by atoms with Gasteiger partial charge in [0.1, 0.15) is 0 Å². The highest BCUT2D eigenvalue weighted by Crippen LogP contribution is 2.34. The molecule has 10 nitrogen and oxygen atoms in total. The average molecular weight is 585 g/mol. The molecule has 11 heteroatoms. The number of hydrogen-bond acceptors (Lipinski definition) is 7. The van der Waals surface area contributed by atoms with Crippen LogP contribution in [0, 0.1) is 5.92 Å². The summed E-state index contributed by atoms with van der Waals surface area (Å²) in [7, 11) is 1.83. The summed E-state index contributed by atoms with van der Waals surface area (Å²) in [5.74, 6) is -0.281. The van der Waals surface area contributed by atoms with Gasteiger partial charge in [-0.15, -0.1) is 0 Å². The first-order chi connectivity index (χ1) is 20.1. The number of carbonyl (C=O) groups is 1. The number of fused-ring (bicyclic) bond motifs is 4. The van der Waals surface area contributed by atoms with Crippen LogP contribution in [0.15, 0.2) is 76.2 Å². The van der Waals surface area contributed by atoms with Crippen LogP contribution in [0.25, 0.3) is 22.5 Å². The molecule has 4 aromatic rings. The SMILES string of the molecule is CC(N)=C(C)C=Nc1ccc(Cl)cc1-c1cc(=O)n(C2CCCC(C)C(=O)Nc3cnn(C)c3-c3ccnc2c3)cn1. The number of nitrogens with one attached hydrogen (secondary N) is 1. The zero-order chi connectivity index (χ0) is 30.0. The number of aliphatic imine (C=N–C) groups is 1. The normalized spacial score (nSPS) is 18.1. The number of anilines is 1. The number of benzene rings is 1. The van der Waals surface area contributed by atoms with Gasteiger partial charge in [0.2, 0.25) is 5.91 Å². The zero-order valence-corrected chi connectivity index (χ0v) is 24.8. The van der Waals surface area contributed by atoms with Crippen LogP contribution in [0.2, 0.25) is 5.02 Å². The van der Waals surface area contributed by atoms with Gasteiger partial charge in [-0.2, -0.15) is 5.10 Å². The molecular formula is C31H33ClN8O2. The first-order valence-corrected chi connectivity index (χ1v) is 14.1. The Morgan fingerprint density at radius 1 is 1.14 bits per heavy atom. The molecule has 216 valence electrons. The van der Waals surface area contributed by atoms with Gasteiger partial charge < -0.3 is 11.1 Å². The third-order valence-corrected chi connectivity index (χ3v) is 7.82. The zero-order valence-electron chi connectivity index (χ0n) is 24.0. The molecule has 1 aliphatic rings. The van der Waals surface area contributed by atoms with E-state index in [1.165, 1.54) is 6.07 Å². The van der Waals surface area contributed by atoms with Crippen molar-refractivity contribution in [2.45, 2.75) is 46.1 Å². The fourth-order valence-electron chi connectivity index (χ4n) is 4.97. The molecule has 3 N–H and O–H groups in total. The summed E-state index contributed by atoms with van der Waals surface area (Å²) in [6.45, 7) is 5.59. The molecule has 1 aliphatic heterocycles. The van der Waals surface area contributed by atoms with E-state index in [0.717, 1.165) is 22.5 Å². The first-order valence-electron chi connectivity index (χ1n) is 13.8. The molecule has 5 rings (SSSR count). The molecule has 2 bridgehead atoms. The van der Waals surface area contributed by atoms with Crippen molar-refractivity contribution in [3.63, 3.8) is 0 Å². The van der Waals surface area contributed by atoms with E-state index in [1.54, 1.807) is 52.4 Å². The lowest BCUT2D eigenvalue weighted by atomic mass is 9.97. The summed E-state index contributed by atoms with van der Waals surface area (Å²) in [4.78, 5) is 40.5. The van der Waals surface area contributed by atoms with Gasteiger partial charge in [0.05, 0.1) is 47.0 Å². The Labute approximate surface area is 249 Å². The van der Waals surface area contributed by atoms with Crippen molar-refractivity contribution in [3.05, 3.63) is 87.5 Å². The second-order valence-electron chi connectivity index (χ2n) is 10.6. The van der Waals surface area contributed by atoms with Crippen LogP contribution >= 0.6 is 11.6 Å². The number of rotatable bonds is 4. The number of carbonyl (C=O) groups excluding carboxylic acids is 1. The van der Waals surface area contributed by atoms with E-state index in [2.05, 4.69) is 25.4 Å². The van der Waals surface area contributed by atoms with E-state index in [0.29, 0.717) is 52.6 Å². The van der Waals surface area contributed by atoms with E-state index in [4.69, 9.17) is 17.3 Å². The molecule has 4 heterocycles. The van der Waals surface area contributed by atoms with E-state index in [-0.39, 0.29) is 23.4 Å². The number of nitrogens with two attached hydrogens (primary N) is 1. The highest BCUT2D eigenvalue weighted by molar-refractivity contribution is 6.31. The topological polar surface area (TPSA) is 133 Å². The van der Waals surface area contributed by atoms with Crippen molar-refractivity contribution in [2.75, 3.05) is 5.32 Å². The highest BCUT2D eigenvalue weighted by Gasteiger charge is 2.24. The smallest absolute Gasteiger partial charge is 0.254 e. The van der Waals surface area contributed by atoms with Gasteiger partial charge in [0.15, 0.2) is 0 Å². The molecule has 0 aliphatic carbocycles. The molecule has 1 aromatic carbocycles. The van der Waals surface area contributed by atoms with Crippen LogP contribution in [0.1, 0.15) is 51.8 Å². The maximum Gasteiger partial charge on any atom is 0.254 e. The van der Waals surface area contributed by atoms with Gasteiger partial charge in [-0.25, -0.2) is 4.98 Å². The third-order valence-electron chi connectivity index (χ3n) is 7.58. The Hall–Kier alpha value is -4.57. The maximum atomic E-state index is 13.7.